The average molecular weight is 471 g/mol. The highest BCUT2D eigenvalue weighted by molar-refractivity contribution is 7.80. The summed E-state index contributed by atoms with van der Waals surface area (Å²) in [4.78, 5) is 10.2. The number of rotatable bonds is 4. The zero-order chi connectivity index (χ0) is 23.2. The van der Waals surface area contributed by atoms with Gasteiger partial charge in [0.05, 0.1) is 5.52 Å². The molecule has 4 heteroatoms. The number of para-hydroxylation sites is 1. The molecule has 0 N–H and O–H groups in total. The van der Waals surface area contributed by atoms with Gasteiger partial charge in [0.2, 0.25) is 5.90 Å². The number of ether oxygens (including phenoxy) is 1. The monoisotopic (exact) mass is 470 g/mol. The van der Waals surface area contributed by atoms with Gasteiger partial charge in [-0.15, -0.1) is 0 Å². The second-order valence-corrected chi connectivity index (χ2v) is 11.2. The summed E-state index contributed by atoms with van der Waals surface area (Å²) in [6.45, 7) is 0. The van der Waals surface area contributed by atoms with Crippen molar-refractivity contribution in [3.05, 3.63) is 132 Å². The lowest BCUT2D eigenvalue weighted by Gasteiger charge is -2.21. The number of hydrogen-bond acceptors (Lipinski definition) is 3. The quantitative estimate of drug-likeness (QED) is 0.328. The number of aliphatic imine (C=N–C) groups is 1. The second-order valence-electron chi connectivity index (χ2n) is 8.99. The molecule has 4 aromatic carbocycles. The largest absolute Gasteiger partial charge is 0.470 e. The van der Waals surface area contributed by atoms with Gasteiger partial charge >= 0.3 is 0 Å². The maximum absolute atomic E-state index is 6.37. The van der Waals surface area contributed by atoms with Gasteiger partial charge in [0.15, 0.2) is 0 Å². The maximum atomic E-state index is 6.37. The van der Waals surface area contributed by atoms with Crippen LogP contribution in [0.25, 0.3) is 10.9 Å². The van der Waals surface area contributed by atoms with Gasteiger partial charge in [0, 0.05) is 17.1 Å². The van der Waals surface area contributed by atoms with Crippen LogP contribution in [0, 0.1) is 0 Å². The molecule has 2 atom stereocenters. The van der Waals surface area contributed by atoms with Crippen molar-refractivity contribution < 1.29 is 4.74 Å². The molecular weight excluding hydrogens is 447 g/mol. The molecule has 0 radical (unpaired) electrons. The molecule has 3 nitrogen and oxygen atoms in total. The van der Waals surface area contributed by atoms with Crippen molar-refractivity contribution in [3.8, 4) is 0 Å². The number of hydrogen-bond donors (Lipinski definition) is 0. The van der Waals surface area contributed by atoms with Crippen LogP contribution in [0.5, 0.6) is 0 Å². The van der Waals surface area contributed by atoms with Gasteiger partial charge in [-0.2, -0.15) is 0 Å². The Morgan fingerprint density at radius 1 is 0.686 bits per heavy atom. The van der Waals surface area contributed by atoms with Gasteiger partial charge in [0.25, 0.3) is 0 Å². The summed E-state index contributed by atoms with van der Waals surface area (Å²) in [6.07, 6.45) is 0.973. The van der Waals surface area contributed by atoms with Gasteiger partial charge in [-0.3, -0.25) is 0 Å². The molecule has 2 aliphatic rings. The Labute approximate surface area is 205 Å². The number of pyridine rings is 1. The molecule has 2 heterocycles. The number of aromatic nitrogens is 1. The molecule has 1 aliphatic carbocycles. The molecule has 0 unspecified atom stereocenters. The SMILES string of the molecule is c1ccc(P(c2ccccc2)c2cccc3ccc(C4=N[C@H]5c6ccccc6C[C@H]5O4)nc23)cc1. The van der Waals surface area contributed by atoms with Gasteiger partial charge in [0.1, 0.15) is 17.8 Å². The van der Waals surface area contributed by atoms with Crippen LogP contribution < -0.4 is 15.9 Å². The number of nitrogens with zero attached hydrogens (tertiary/aromatic N) is 2. The van der Waals surface area contributed by atoms with E-state index in [-0.39, 0.29) is 12.1 Å². The summed E-state index contributed by atoms with van der Waals surface area (Å²) in [5.41, 5.74) is 4.46. The molecular formula is C31H23N2OP. The first-order valence-electron chi connectivity index (χ1n) is 12.0. The number of benzene rings is 4. The Morgan fingerprint density at radius 3 is 2.17 bits per heavy atom. The van der Waals surface area contributed by atoms with Crippen LogP contribution in [0.15, 0.2) is 120 Å². The lowest BCUT2D eigenvalue weighted by atomic mass is 10.1. The Bertz CT molecular complexity index is 1530. The molecule has 0 amide bonds. The van der Waals surface area contributed by atoms with Crippen LogP contribution in [0.1, 0.15) is 22.9 Å². The molecule has 7 rings (SSSR count). The fourth-order valence-electron chi connectivity index (χ4n) is 5.24. The summed E-state index contributed by atoms with van der Waals surface area (Å²) >= 11 is 0. The highest BCUT2D eigenvalue weighted by Crippen LogP contribution is 2.41. The van der Waals surface area contributed by atoms with Crippen molar-refractivity contribution >= 4 is 40.6 Å². The van der Waals surface area contributed by atoms with E-state index in [9.17, 15) is 0 Å². The molecule has 5 aromatic rings. The fourth-order valence-corrected chi connectivity index (χ4v) is 7.66. The van der Waals surface area contributed by atoms with E-state index < -0.39 is 7.92 Å². The van der Waals surface area contributed by atoms with Crippen LogP contribution >= 0.6 is 7.92 Å². The Kier molecular flexibility index (Phi) is 4.96. The van der Waals surface area contributed by atoms with Crippen LogP contribution in [0.4, 0.5) is 0 Å². The van der Waals surface area contributed by atoms with E-state index >= 15 is 0 Å². The predicted molar refractivity (Wildman–Crippen MR) is 145 cm³/mol. The zero-order valence-electron chi connectivity index (χ0n) is 19.1. The van der Waals surface area contributed by atoms with Crippen molar-refractivity contribution in [1.29, 1.82) is 0 Å². The average Bonchev–Trinajstić information content (AvgIpc) is 3.48. The Morgan fingerprint density at radius 2 is 1.40 bits per heavy atom. The van der Waals surface area contributed by atoms with E-state index in [1.807, 2.05) is 6.07 Å². The molecule has 0 saturated heterocycles. The van der Waals surface area contributed by atoms with Crippen molar-refractivity contribution in [2.24, 2.45) is 4.99 Å². The minimum atomic E-state index is -0.758. The zero-order valence-corrected chi connectivity index (χ0v) is 20.0. The van der Waals surface area contributed by atoms with Gasteiger partial charge in [-0.1, -0.05) is 109 Å². The lowest BCUT2D eigenvalue weighted by Crippen LogP contribution is -2.22. The molecule has 35 heavy (non-hydrogen) atoms. The minimum absolute atomic E-state index is 0.0692. The molecule has 168 valence electrons. The van der Waals surface area contributed by atoms with Gasteiger partial charge < -0.3 is 4.74 Å². The highest BCUT2D eigenvalue weighted by atomic mass is 31.1. The van der Waals surface area contributed by atoms with Crippen molar-refractivity contribution in [1.82, 2.24) is 4.98 Å². The third-order valence-corrected chi connectivity index (χ3v) is 9.33. The lowest BCUT2D eigenvalue weighted by molar-refractivity contribution is 0.206. The normalized spacial score (nSPS) is 18.3. The molecule has 0 spiro atoms. The van der Waals surface area contributed by atoms with Crippen molar-refractivity contribution in [3.63, 3.8) is 0 Å². The van der Waals surface area contributed by atoms with E-state index in [0.29, 0.717) is 5.90 Å². The first kappa shape index (κ1) is 20.6. The first-order chi connectivity index (χ1) is 17.3. The topological polar surface area (TPSA) is 34.5 Å². The van der Waals surface area contributed by atoms with E-state index in [1.54, 1.807) is 0 Å². The third-order valence-electron chi connectivity index (χ3n) is 6.85. The summed E-state index contributed by atoms with van der Waals surface area (Å²) < 4.78 is 6.37. The van der Waals surface area contributed by atoms with E-state index in [1.165, 1.54) is 27.0 Å². The molecule has 1 aromatic heterocycles. The molecule has 0 saturated carbocycles. The van der Waals surface area contributed by atoms with Crippen LogP contribution in [-0.4, -0.2) is 17.0 Å². The Balaban J connectivity index is 1.35. The standard InChI is InChI=1S/C31H23N2OP/c1-3-12-23(13-4-1)35(24-14-5-2-6-15-24)28-17-9-11-21-18-19-26(32-29(21)28)31-33-30-25-16-8-7-10-22(25)20-27(30)34-31/h1-19,27,30H,20H2/t27-,30+/m1/s1. The van der Waals surface area contributed by atoms with Crippen molar-refractivity contribution in [2.45, 2.75) is 18.6 Å². The molecule has 0 fully saturated rings. The predicted octanol–water partition coefficient (Wildman–Crippen LogP) is 5.44. The molecule has 0 bridgehead atoms. The minimum Gasteiger partial charge on any atom is -0.470 e. The summed E-state index contributed by atoms with van der Waals surface area (Å²) in [7, 11) is -0.758. The van der Waals surface area contributed by atoms with Crippen LogP contribution in [0.2, 0.25) is 0 Å². The molecule has 1 aliphatic heterocycles. The van der Waals surface area contributed by atoms with E-state index in [2.05, 4.69) is 109 Å². The Hall–Kier alpha value is -3.81. The van der Waals surface area contributed by atoms with E-state index in [0.717, 1.165) is 23.0 Å². The van der Waals surface area contributed by atoms with Crippen LogP contribution in [-0.2, 0) is 11.2 Å². The first-order valence-corrected chi connectivity index (χ1v) is 13.3. The van der Waals surface area contributed by atoms with Crippen molar-refractivity contribution in [2.75, 3.05) is 0 Å². The summed E-state index contributed by atoms with van der Waals surface area (Å²) in [5, 5.41) is 5.01. The van der Waals surface area contributed by atoms with Gasteiger partial charge in [-0.05, 0) is 35.7 Å². The summed E-state index contributed by atoms with van der Waals surface area (Å²) in [6, 6.07) is 40.9. The highest BCUT2D eigenvalue weighted by Gasteiger charge is 2.39. The summed E-state index contributed by atoms with van der Waals surface area (Å²) in [5.74, 6) is 0.662. The van der Waals surface area contributed by atoms with E-state index in [4.69, 9.17) is 14.7 Å². The fraction of sp³-hybridized carbons (Fsp3) is 0.0968. The maximum Gasteiger partial charge on any atom is 0.236 e. The van der Waals surface area contributed by atoms with Gasteiger partial charge in [-0.25, -0.2) is 9.98 Å². The second kappa shape index (κ2) is 8.45. The third kappa shape index (κ3) is 3.55. The number of fused-ring (bicyclic) bond motifs is 4. The smallest absolute Gasteiger partial charge is 0.236 e. The van der Waals surface area contributed by atoms with Crippen LogP contribution in [0.3, 0.4) is 0 Å².